The first-order valence-corrected chi connectivity index (χ1v) is 8.29. The van der Waals surface area contributed by atoms with Crippen LogP contribution in [0.3, 0.4) is 0 Å². The van der Waals surface area contributed by atoms with Crippen molar-refractivity contribution in [1.82, 2.24) is 9.62 Å². The van der Waals surface area contributed by atoms with E-state index in [-0.39, 0.29) is 17.5 Å². The van der Waals surface area contributed by atoms with E-state index in [1.54, 1.807) is 24.3 Å². The predicted octanol–water partition coefficient (Wildman–Crippen LogP) is 0.615. The van der Waals surface area contributed by atoms with E-state index in [9.17, 15) is 8.42 Å². The molecular formula is C15H23N3O2S. The van der Waals surface area contributed by atoms with Gasteiger partial charge in [0.25, 0.3) is 0 Å². The van der Waals surface area contributed by atoms with Crippen molar-refractivity contribution in [2.24, 2.45) is 5.73 Å². The Labute approximate surface area is 127 Å². The smallest absolute Gasteiger partial charge is 0.240 e. The third-order valence-electron chi connectivity index (χ3n) is 2.87. The summed E-state index contributed by atoms with van der Waals surface area (Å²) in [7, 11) is 0.435. The third kappa shape index (κ3) is 6.27. The zero-order chi connectivity index (χ0) is 15.9. The summed E-state index contributed by atoms with van der Waals surface area (Å²) in [6.45, 7) is 2.98. The van der Waals surface area contributed by atoms with Crippen molar-refractivity contribution in [3.63, 3.8) is 0 Å². The molecule has 0 aliphatic carbocycles. The lowest BCUT2D eigenvalue weighted by Gasteiger charge is -2.16. The van der Waals surface area contributed by atoms with Crippen molar-refractivity contribution in [3.05, 3.63) is 29.8 Å². The van der Waals surface area contributed by atoms with E-state index < -0.39 is 10.0 Å². The average molecular weight is 309 g/mol. The number of nitrogens with two attached hydrogens (primary N) is 1. The van der Waals surface area contributed by atoms with Gasteiger partial charge in [0, 0.05) is 11.6 Å². The Morgan fingerprint density at radius 1 is 1.29 bits per heavy atom. The first kappa shape index (κ1) is 17.7. The van der Waals surface area contributed by atoms with E-state index in [1.165, 1.54) is 0 Å². The van der Waals surface area contributed by atoms with Gasteiger partial charge < -0.3 is 10.6 Å². The van der Waals surface area contributed by atoms with Gasteiger partial charge in [0.05, 0.1) is 11.4 Å². The van der Waals surface area contributed by atoms with E-state index in [4.69, 9.17) is 5.73 Å². The predicted molar refractivity (Wildman–Crippen MR) is 85.3 cm³/mol. The van der Waals surface area contributed by atoms with E-state index in [0.717, 1.165) is 18.5 Å². The van der Waals surface area contributed by atoms with Crippen molar-refractivity contribution < 1.29 is 8.42 Å². The number of hydrogen-bond acceptors (Lipinski definition) is 4. The first-order chi connectivity index (χ1) is 9.85. The summed E-state index contributed by atoms with van der Waals surface area (Å²) in [4.78, 5) is 2.27. The molecule has 21 heavy (non-hydrogen) atoms. The van der Waals surface area contributed by atoms with Crippen LogP contribution in [0.5, 0.6) is 0 Å². The van der Waals surface area contributed by atoms with Crippen molar-refractivity contribution in [2.45, 2.75) is 24.3 Å². The van der Waals surface area contributed by atoms with Crippen LogP contribution in [0.25, 0.3) is 0 Å². The number of rotatable bonds is 6. The molecule has 0 aliphatic heterocycles. The molecule has 0 amide bonds. The van der Waals surface area contributed by atoms with Crippen LogP contribution in [-0.4, -0.2) is 46.5 Å². The van der Waals surface area contributed by atoms with Gasteiger partial charge in [-0.15, -0.1) is 0 Å². The molecule has 1 aromatic carbocycles. The molecule has 1 aromatic rings. The highest BCUT2D eigenvalue weighted by Gasteiger charge is 2.17. The molecule has 0 radical (unpaired) electrons. The van der Waals surface area contributed by atoms with Gasteiger partial charge in [-0.25, -0.2) is 13.1 Å². The molecule has 0 fully saturated rings. The zero-order valence-electron chi connectivity index (χ0n) is 12.8. The summed E-state index contributed by atoms with van der Waals surface area (Å²) in [6, 6.07) is 6.36. The number of nitrogens with one attached hydrogen (secondary N) is 1. The second kappa shape index (κ2) is 8.15. The zero-order valence-corrected chi connectivity index (χ0v) is 13.6. The molecule has 0 saturated heterocycles. The Balaban J connectivity index is 2.74. The summed E-state index contributed by atoms with van der Waals surface area (Å²) >= 11 is 0. The maximum absolute atomic E-state index is 12.2. The molecule has 1 atom stereocenters. The Morgan fingerprint density at radius 3 is 2.43 bits per heavy atom. The molecule has 0 bridgehead atoms. The normalized spacial score (nSPS) is 12.8. The molecule has 1 unspecified atom stereocenters. The van der Waals surface area contributed by atoms with Crippen molar-refractivity contribution >= 4 is 10.0 Å². The molecule has 116 valence electrons. The highest BCUT2D eigenvalue weighted by atomic mass is 32.2. The van der Waals surface area contributed by atoms with Crippen LogP contribution in [0.15, 0.2) is 29.2 Å². The molecule has 0 aromatic heterocycles. The fraction of sp³-hybridized carbons (Fsp3) is 0.467. The Bertz CT molecular complexity index is 598. The fourth-order valence-corrected chi connectivity index (χ4v) is 2.99. The van der Waals surface area contributed by atoms with Gasteiger partial charge in [0.1, 0.15) is 0 Å². The first-order valence-electron chi connectivity index (χ1n) is 6.81. The van der Waals surface area contributed by atoms with E-state index in [0.29, 0.717) is 0 Å². The summed E-state index contributed by atoms with van der Waals surface area (Å²) < 4.78 is 27.1. The lowest BCUT2D eigenvalue weighted by Crippen LogP contribution is -2.34. The summed E-state index contributed by atoms with van der Waals surface area (Å²) in [6.07, 6.45) is 0.756. The van der Waals surface area contributed by atoms with Crippen molar-refractivity contribution in [2.75, 3.05) is 27.2 Å². The van der Waals surface area contributed by atoms with Crippen LogP contribution in [0.2, 0.25) is 0 Å². The number of benzene rings is 1. The molecular weight excluding hydrogens is 286 g/mol. The number of sulfonamides is 1. The van der Waals surface area contributed by atoms with Gasteiger partial charge in [0.2, 0.25) is 10.0 Å². The molecule has 6 heteroatoms. The van der Waals surface area contributed by atoms with Crippen LogP contribution in [-0.2, 0) is 10.0 Å². The van der Waals surface area contributed by atoms with Crippen LogP contribution in [0.1, 0.15) is 18.9 Å². The molecule has 3 N–H and O–H groups in total. The van der Waals surface area contributed by atoms with Crippen LogP contribution < -0.4 is 10.5 Å². The topological polar surface area (TPSA) is 75.4 Å². The minimum absolute atomic E-state index is 0.117. The summed E-state index contributed by atoms with van der Waals surface area (Å²) in [5.41, 5.74) is 6.05. The highest BCUT2D eigenvalue weighted by Crippen LogP contribution is 2.11. The molecule has 0 saturated carbocycles. The van der Waals surface area contributed by atoms with Crippen LogP contribution in [0.4, 0.5) is 0 Å². The van der Waals surface area contributed by atoms with Gasteiger partial charge in [-0.3, -0.25) is 0 Å². The standard InChI is InChI=1S/C15H23N3O2S/c1-13(10-12-18(2)3)17-21(19,20)15-8-6-14(7-9-15)5-4-11-16/h6-9,13,17H,10-12,16H2,1-3H3. The maximum Gasteiger partial charge on any atom is 0.240 e. The van der Waals surface area contributed by atoms with Crippen molar-refractivity contribution in [1.29, 1.82) is 0 Å². The molecule has 0 spiro atoms. The second-order valence-electron chi connectivity index (χ2n) is 5.14. The quantitative estimate of drug-likeness (QED) is 0.755. The molecule has 0 heterocycles. The largest absolute Gasteiger partial charge is 0.320 e. The Morgan fingerprint density at radius 2 is 1.90 bits per heavy atom. The number of nitrogens with zero attached hydrogens (tertiary/aromatic N) is 1. The summed E-state index contributed by atoms with van der Waals surface area (Å²) in [5, 5.41) is 0. The van der Waals surface area contributed by atoms with Gasteiger partial charge >= 0.3 is 0 Å². The van der Waals surface area contributed by atoms with Gasteiger partial charge in [0.15, 0.2) is 0 Å². The SMILES string of the molecule is CC(CCN(C)C)NS(=O)(=O)c1ccc(C#CCN)cc1. The van der Waals surface area contributed by atoms with E-state index >= 15 is 0 Å². The minimum Gasteiger partial charge on any atom is -0.320 e. The highest BCUT2D eigenvalue weighted by molar-refractivity contribution is 7.89. The summed E-state index contributed by atoms with van der Waals surface area (Å²) in [5.74, 6) is 5.59. The third-order valence-corrected chi connectivity index (χ3v) is 4.47. The average Bonchev–Trinajstić information content (AvgIpc) is 2.43. The maximum atomic E-state index is 12.2. The Kier molecular flexibility index (Phi) is 6.85. The lowest BCUT2D eigenvalue weighted by atomic mass is 10.2. The van der Waals surface area contributed by atoms with Crippen LogP contribution >= 0.6 is 0 Å². The van der Waals surface area contributed by atoms with Gasteiger partial charge in [-0.05, 0) is 58.3 Å². The molecule has 0 aliphatic rings. The van der Waals surface area contributed by atoms with Gasteiger partial charge in [-0.2, -0.15) is 0 Å². The molecule has 5 nitrogen and oxygen atoms in total. The lowest BCUT2D eigenvalue weighted by molar-refractivity contribution is 0.379. The van der Waals surface area contributed by atoms with Crippen LogP contribution in [0, 0.1) is 11.8 Å². The number of hydrogen-bond donors (Lipinski definition) is 2. The van der Waals surface area contributed by atoms with E-state index in [2.05, 4.69) is 16.6 Å². The molecule has 1 rings (SSSR count). The minimum atomic E-state index is -3.49. The second-order valence-corrected chi connectivity index (χ2v) is 6.86. The fourth-order valence-electron chi connectivity index (χ4n) is 1.71. The Hall–Kier alpha value is -1.39. The van der Waals surface area contributed by atoms with E-state index in [1.807, 2.05) is 25.9 Å². The van der Waals surface area contributed by atoms with Crippen molar-refractivity contribution in [3.8, 4) is 11.8 Å². The van der Waals surface area contributed by atoms with Gasteiger partial charge in [-0.1, -0.05) is 11.8 Å². The monoisotopic (exact) mass is 309 g/mol.